The number of nitrogens with zero attached hydrogens (tertiary/aromatic N) is 1. The summed E-state index contributed by atoms with van der Waals surface area (Å²) in [6.07, 6.45) is 0.784. The molecule has 0 fully saturated rings. The lowest BCUT2D eigenvalue weighted by molar-refractivity contribution is -0.140. The molecule has 0 radical (unpaired) electrons. The van der Waals surface area contributed by atoms with Gasteiger partial charge in [0, 0.05) is 24.5 Å². The maximum Gasteiger partial charge on any atom is 0.338 e. The summed E-state index contributed by atoms with van der Waals surface area (Å²) in [5.74, 6) is -0.745. The molecule has 44 heavy (non-hydrogen) atoms. The molecule has 0 saturated heterocycles. The van der Waals surface area contributed by atoms with Crippen molar-refractivity contribution in [3.8, 4) is 0 Å². The minimum Gasteiger partial charge on any atom is -0.463 e. The van der Waals surface area contributed by atoms with E-state index in [1.807, 2.05) is 65.6 Å². The fraction of sp³-hybridized carbons (Fsp3) is 0.394. The Hall–Kier alpha value is -4.64. The van der Waals surface area contributed by atoms with Crippen molar-refractivity contribution in [3.05, 3.63) is 94.3 Å². The summed E-state index contributed by atoms with van der Waals surface area (Å²) in [5.41, 5.74) is 2.85. The predicted molar refractivity (Wildman–Crippen MR) is 165 cm³/mol. The van der Waals surface area contributed by atoms with Crippen LogP contribution in [0.5, 0.6) is 0 Å². The van der Waals surface area contributed by atoms with Crippen LogP contribution in [0.1, 0.15) is 57.3 Å². The molecule has 4 N–H and O–H groups in total. The summed E-state index contributed by atoms with van der Waals surface area (Å²) in [7, 11) is 0. The number of hydrogen-bond donors (Lipinski definition) is 4. The molecule has 0 saturated carbocycles. The van der Waals surface area contributed by atoms with Crippen LogP contribution in [0.25, 0.3) is 0 Å². The minimum absolute atomic E-state index is 0.149. The Kier molecular flexibility index (Phi) is 11.1. The number of urea groups is 2. The lowest BCUT2D eigenvalue weighted by Crippen LogP contribution is -2.51. The number of carbonyl (C=O) groups excluding carboxylic acids is 4. The second kappa shape index (κ2) is 15.2. The van der Waals surface area contributed by atoms with Crippen molar-refractivity contribution in [1.82, 2.24) is 26.2 Å². The molecule has 0 spiro atoms. The van der Waals surface area contributed by atoms with E-state index in [9.17, 15) is 19.2 Å². The molecule has 2 atom stereocenters. The van der Waals surface area contributed by atoms with Crippen LogP contribution >= 0.6 is 0 Å². The SMILES string of the molecule is CCOC(=O)C1=C(CN(CCC(C)C)CC2=C(C(=O)OCC)[C@@H](c3ccccc3)NC(=O)N2)NC(=O)N[C@@H]1c1ccccc1. The van der Waals surface area contributed by atoms with Gasteiger partial charge in [-0.05, 0) is 43.9 Å². The summed E-state index contributed by atoms with van der Waals surface area (Å²) in [6.45, 7) is 8.83. The van der Waals surface area contributed by atoms with E-state index in [-0.39, 0.29) is 26.3 Å². The summed E-state index contributed by atoms with van der Waals surface area (Å²) in [4.78, 5) is 54.6. The summed E-state index contributed by atoms with van der Waals surface area (Å²) in [6, 6.07) is 16.1. The first-order chi connectivity index (χ1) is 21.2. The van der Waals surface area contributed by atoms with Crippen LogP contribution in [0.15, 0.2) is 83.2 Å². The van der Waals surface area contributed by atoms with Crippen molar-refractivity contribution < 1.29 is 28.7 Å². The largest absolute Gasteiger partial charge is 0.463 e. The number of rotatable bonds is 13. The molecule has 2 aromatic rings. The van der Waals surface area contributed by atoms with E-state index in [0.717, 1.165) is 17.5 Å². The molecule has 4 rings (SSSR count). The minimum atomic E-state index is -0.721. The van der Waals surface area contributed by atoms with Gasteiger partial charge in [-0.2, -0.15) is 0 Å². The standard InChI is InChI=1S/C33H41N5O6/c1-5-43-30(39)26-24(34-32(41)36-28(26)22-13-9-7-10-14-22)19-38(18-17-21(3)4)20-25-27(31(40)44-6-2)29(37-33(42)35-25)23-15-11-8-12-16-23/h7-16,21,28-29H,5-6,17-20H2,1-4H3,(H2,34,36,41)(H2,35,37,42)/t28-,29-/m1/s1. The van der Waals surface area contributed by atoms with Gasteiger partial charge in [-0.1, -0.05) is 74.5 Å². The van der Waals surface area contributed by atoms with E-state index in [0.29, 0.717) is 35.0 Å². The average Bonchev–Trinajstić information content (AvgIpc) is 3.00. The van der Waals surface area contributed by atoms with Gasteiger partial charge in [-0.3, -0.25) is 4.90 Å². The van der Waals surface area contributed by atoms with Gasteiger partial charge in [-0.15, -0.1) is 0 Å². The lowest BCUT2D eigenvalue weighted by atomic mass is 9.94. The van der Waals surface area contributed by atoms with E-state index < -0.39 is 36.1 Å². The molecular weight excluding hydrogens is 562 g/mol. The molecule has 2 heterocycles. The molecule has 2 aromatic carbocycles. The highest BCUT2D eigenvalue weighted by Crippen LogP contribution is 2.30. The van der Waals surface area contributed by atoms with Gasteiger partial charge in [0.2, 0.25) is 0 Å². The van der Waals surface area contributed by atoms with Crippen LogP contribution < -0.4 is 21.3 Å². The number of nitrogens with one attached hydrogen (secondary N) is 4. The van der Waals surface area contributed by atoms with E-state index >= 15 is 0 Å². The number of hydrogen-bond acceptors (Lipinski definition) is 7. The van der Waals surface area contributed by atoms with Crippen molar-refractivity contribution >= 4 is 24.0 Å². The average molecular weight is 604 g/mol. The molecule has 0 unspecified atom stereocenters. The second-order valence-electron chi connectivity index (χ2n) is 11.0. The first-order valence-corrected chi connectivity index (χ1v) is 15.0. The monoisotopic (exact) mass is 603 g/mol. The maximum absolute atomic E-state index is 13.4. The van der Waals surface area contributed by atoms with Gasteiger partial charge in [0.05, 0.1) is 36.4 Å². The van der Waals surface area contributed by atoms with Gasteiger partial charge < -0.3 is 30.7 Å². The molecule has 11 nitrogen and oxygen atoms in total. The molecule has 11 heteroatoms. The topological polar surface area (TPSA) is 138 Å². The highest BCUT2D eigenvalue weighted by atomic mass is 16.5. The van der Waals surface area contributed by atoms with E-state index in [1.54, 1.807) is 13.8 Å². The Balaban J connectivity index is 1.79. The summed E-state index contributed by atoms with van der Waals surface area (Å²) >= 11 is 0. The normalized spacial score (nSPS) is 18.4. The summed E-state index contributed by atoms with van der Waals surface area (Å²) < 4.78 is 10.9. The first kappa shape index (κ1) is 32.3. The third-order valence-corrected chi connectivity index (χ3v) is 7.35. The van der Waals surface area contributed by atoms with Crippen molar-refractivity contribution in [3.63, 3.8) is 0 Å². The van der Waals surface area contributed by atoms with Crippen LogP contribution in [0.4, 0.5) is 9.59 Å². The second-order valence-corrected chi connectivity index (χ2v) is 11.0. The van der Waals surface area contributed by atoms with Gasteiger partial charge in [0.25, 0.3) is 0 Å². The van der Waals surface area contributed by atoms with Gasteiger partial charge in [0.15, 0.2) is 0 Å². The van der Waals surface area contributed by atoms with Crippen LogP contribution in [0.3, 0.4) is 0 Å². The zero-order valence-electron chi connectivity index (χ0n) is 25.6. The quantitative estimate of drug-likeness (QED) is 0.253. The van der Waals surface area contributed by atoms with Crippen molar-refractivity contribution in [1.29, 1.82) is 0 Å². The number of ether oxygens (including phenoxy) is 2. The van der Waals surface area contributed by atoms with Gasteiger partial charge >= 0.3 is 24.0 Å². The van der Waals surface area contributed by atoms with Crippen LogP contribution in [0, 0.1) is 5.92 Å². The Labute approximate surface area is 258 Å². The van der Waals surface area contributed by atoms with Crippen molar-refractivity contribution in [2.45, 2.75) is 46.2 Å². The number of benzene rings is 2. The van der Waals surface area contributed by atoms with Gasteiger partial charge in [0.1, 0.15) is 0 Å². The highest BCUT2D eigenvalue weighted by Gasteiger charge is 2.37. The molecule has 0 bridgehead atoms. The van der Waals surface area contributed by atoms with Crippen molar-refractivity contribution in [2.24, 2.45) is 5.92 Å². The number of carbonyl (C=O) groups is 4. The Morgan fingerprint density at radius 3 is 1.50 bits per heavy atom. The fourth-order valence-corrected chi connectivity index (χ4v) is 5.28. The zero-order chi connectivity index (χ0) is 31.6. The van der Waals surface area contributed by atoms with E-state index in [1.165, 1.54) is 0 Å². The number of esters is 2. The smallest absolute Gasteiger partial charge is 0.338 e. The fourth-order valence-electron chi connectivity index (χ4n) is 5.28. The maximum atomic E-state index is 13.4. The first-order valence-electron chi connectivity index (χ1n) is 15.0. The third-order valence-electron chi connectivity index (χ3n) is 7.35. The van der Waals surface area contributed by atoms with E-state index in [2.05, 4.69) is 35.1 Å². The molecule has 2 aliphatic heterocycles. The molecule has 234 valence electrons. The highest BCUT2D eigenvalue weighted by molar-refractivity contribution is 5.96. The Bertz CT molecular complexity index is 1300. The van der Waals surface area contributed by atoms with Crippen LogP contribution in [-0.4, -0.2) is 61.7 Å². The summed E-state index contributed by atoms with van der Waals surface area (Å²) in [5, 5.41) is 11.4. The molecule has 0 aromatic heterocycles. The molecule has 0 aliphatic carbocycles. The molecule has 4 amide bonds. The molecule has 2 aliphatic rings. The Morgan fingerprint density at radius 1 is 0.727 bits per heavy atom. The van der Waals surface area contributed by atoms with Crippen molar-refractivity contribution in [2.75, 3.05) is 32.8 Å². The van der Waals surface area contributed by atoms with Crippen LogP contribution in [0.2, 0.25) is 0 Å². The van der Waals surface area contributed by atoms with Crippen LogP contribution in [-0.2, 0) is 19.1 Å². The van der Waals surface area contributed by atoms with Gasteiger partial charge in [-0.25, -0.2) is 19.2 Å². The molecular formula is C33H41N5O6. The number of amides is 4. The Morgan fingerprint density at radius 2 is 1.14 bits per heavy atom. The third kappa shape index (κ3) is 8.04. The van der Waals surface area contributed by atoms with E-state index in [4.69, 9.17) is 9.47 Å². The zero-order valence-corrected chi connectivity index (χ0v) is 25.6. The lowest BCUT2D eigenvalue weighted by Gasteiger charge is -2.34. The predicted octanol–water partition coefficient (Wildman–Crippen LogP) is 4.08.